The molecule has 6 heteroatoms. The number of hydrogen-bond donors (Lipinski definition) is 1. The molecule has 0 saturated heterocycles. The topological polar surface area (TPSA) is 79.4 Å². The highest BCUT2D eigenvalue weighted by atomic mass is 15.4. The third-order valence-electron chi connectivity index (χ3n) is 3.14. The van der Waals surface area contributed by atoms with Crippen molar-refractivity contribution in [3.8, 4) is 6.07 Å². The van der Waals surface area contributed by atoms with Crippen LogP contribution >= 0.6 is 0 Å². The molecular weight excluding hydrogens is 276 g/mol. The van der Waals surface area contributed by atoms with Crippen LogP contribution in [0.3, 0.4) is 0 Å². The lowest BCUT2D eigenvalue weighted by molar-refractivity contribution is 0.648. The summed E-state index contributed by atoms with van der Waals surface area (Å²) in [6.07, 6.45) is 5.47. The number of nitrogens with one attached hydrogen (secondary N) is 1. The van der Waals surface area contributed by atoms with Gasteiger partial charge in [0.25, 0.3) is 0 Å². The molecule has 0 radical (unpaired) electrons. The minimum atomic E-state index is 0.582. The number of aromatic nitrogens is 4. The molecule has 0 bridgehead atoms. The van der Waals surface area contributed by atoms with Crippen molar-refractivity contribution in [2.45, 2.75) is 13.1 Å². The van der Waals surface area contributed by atoms with Gasteiger partial charge in [-0.25, -0.2) is 4.68 Å². The number of benzene rings is 1. The Morgan fingerprint density at radius 3 is 2.77 bits per heavy atom. The number of nitrogens with zero attached hydrogens (tertiary/aromatic N) is 5. The summed E-state index contributed by atoms with van der Waals surface area (Å²) in [4.78, 5) is 4.08. The fraction of sp³-hybridized carbons (Fsp3) is 0.125. The zero-order valence-corrected chi connectivity index (χ0v) is 11.8. The summed E-state index contributed by atoms with van der Waals surface area (Å²) in [5.74, 6) is 0. The molecule has 22 heavy (non-hydrogen) atoms. The van der Waals surface area contributed by atoms with Crippen molar-refractivity contribution >= 4 is 5.69 Å². The van der Waals surface area contributed by atoms with Gasteiger partial charge in [0.1, 0.15) is 5.69 Å². The second-order valence-electron chi connectivity index (χ2n) is 4.81. The minimum Gasteiger partial charge on any atom is -0.379 e. The van der Waals surface area contributed by atoms with Crippen LogP contribution in [0.25, 0.3) is 0 Å². The highest BCUT2D eigenvalue weighted by Gasteiger charge is 2.02. The van der Waals surface area contributed by atoms with E-state index in [-0.39, 0.29) is 0 Å². The first-order chi connectivity index (χ1) is 10.8. The molecule has 0 aliphatic heterocycles. The molecule has 1 aromatic carbocycles. The Bertz CT molecular complexity index is 770. The summed E-state index contributed by atoms with van der Waals surface area (Å²) < 4.78 is 1.78. The number of pyridine rings is 1. The monoisotopic (exact) mass is 290 g/mol. The molecular formula is C16H14N6. The molecule has 2 heterocycles. The van der Waals surface area contributed by atoms with Crippen LogP contribution in [0, 0.1) is 11.3 Å². The maximum absolute atomic E-state index is 8.76. The molecule has 0 atom stereocenters. The van der Waals surface area contributed by atoms with Crippen LogP contribution in [0.5, 0.6) is 0 Å². The van der Waals surface area contributed by atoms with Crippen molar-refractivity contribution in [3.05, 3.63) is 71.8 Å². The van der Waals surface area contributed by atoms with E-state index in [1.165, 1.54) is 0 Å². The predicted octanol–water partition coefficient (Wildman–Crippen LogP) is 2.21. The van der Waals surface area contributed by atoms with Crippen LogP contribution in [0.15, 0.2) is 55.0 Å². The molecule has 6 nitrogen and oxygen atoms in total. The van der Waals surface area contributed by atoms with Crippen LogP contribution in [0.1, 0.15) is 16.8 Å². The predicted molar refractivity (Wildman–Crippen MR) is 81.8 cm³/mol. The summed E-state index contributed by atoms with van der Waals surface area (Å²) in [5, 5.41) is 20.3. The van der Waals surface area contributed by atoms with Crippen LogP contribution in [-0.4, -0.2) is 20.0 Å². The van der Waals surface area contributed by atoms with Gasteiger partial charge in [-0.15, -0.1) is 5.10 Å². The van der Waals surface area contributed by atoms with E-state index in [2.05, 4.69) is 26.7 Å². The lowest BCUT2D eigenvalue weighted by atomic mass is 10.2. The van der Waals surface area contributed by atoms with Crippen molar-refractivity contribution in [3.63, 3.8) is 0 Å². The number of hydrogen-bond acceptors (Lipinski definition) is 5. The molecule has 3 rings (SSSR count). The lowest BCUT2D eigenvalue weighted by Crippen LogP contribution is -2.01. The molecule has 0 fully saturated rings. The molecule has 3 aromatic rings. The highest BCUT2D eigenvalue weighted by molar-refractivity contribution is 5.47. The zero-order chi connectivity index (χ0) is 15.2. The summed E-state index contributed by atoms with van der Waals surface area (Å²) >= 11 is 0. The second-order valence-corrected chi connectivity index (χ2v) is 4.81. The number of nitriles is 1. The van der Waals surface area contributed by atoms with E-state index >= 15 is 0 Å². The first-order valence-corrected chi connectivity index (χ1v) is 6.85. The number of anilines is 1. The molecule has 1 N–H and O–H groups in total. The van der Waals surface area contributed by atoms with Crippen molar-refractivity contribution < 1.29 is 0 Å². The van der Waals surface area contributed by atoms with Gasteiger partial charge >= 0.3 is 0 Å². The third kappa shape index (κ3) is 3.46. The van der Waals surface area contributed by atoms with E-state index in [0.717, 1.165) is 16.9 Å². The van der Waals surface area contributed by atoms with Gasteiger partial charge in [-0.1, -0.05) is 11.3 Å². The van der Waals surface area contributed by atoms with Gasteiger partial charge in [-0.05, 0) is 35.9 Å². The van der Waals surface area contributed by atoms with Gasteiger partial charge in [-0.2, -0.15) is 5.26 Å². The Morgan fingerprint density at radius 2 is 2.05 bits per heavy atom. The fourth-order valence-electron chi connectivity index (χ4n) is 2.03. The van der Waals surface area contributed by atoms with Gasteiger partial charge < -0.3 is 5.32 Å². The van der Waals surface area contributed by atoms with Gasteiger partial charge in [0, 0.05) is 18.1 Å². The molecule has 0 amide bonds. The summed E-state index contributed by atoms with van der Waals surface area (Å²) in [7, 11) is 0. The lowest BCUT2D eigenvalue weighted by Gasteiger charge is -2.03. The van der Waals surface area contributed by atoms with E-state index in [1.54, 1.807) is 23.0 Å². The van der Waals surface area contributed by atoms with Crippen LogP contribution in [0.2, 0.25) is 0 Å². The van der Waals surface area contributed by atoms with Crippen molar-refractivity contribution in [2.75, 3.05) is 5.32 Å². The second kappa shape index (κ2) is 6.50. The van der Waals surface area contributed by atoms with Gasteiger partial charge in [0.15, 0.2) is 0 Å². The van der Waals surface area contributed by atoms with E-state index in [1.807, 2.05) is 36.7 Å². The Kier molecular flexibility index (Phi) is 4.07. The quantitative estimate of drug-likeness (QED) is 0.779. The maximum atomic E-state index is 8.76. The summed E-state index contributed by atoms with van der Waals surface area (Å²) in [6, 6.07) is 13.3. The van der Waals surface area contributed by atoms with Gasteiger partial charge in [0.2, 0.25) is 0 Å². The third-order valence-corrected chi connectivity index (χ3v) is 3.14. The largest absolute Gasteiger partial charge is 0.379 e. The van der Waals surface area contributed by atoms with E-state index in [9.17, 15) is 0 Å². The summed E-state index contributed by atoms with van der Waals surface area (Å²) in [5.41, 5.74) is 3.53. The molecule has 2 aromatic heterocycles. The fourth-order valence-corrected chi connectivity index (χ4v) is 2.03. The van der Waals surface area contributed by atoms with Crippen molar-refractivity contribution in [1.29, 1.82) is 5.26 Å². The van der Waals surface area contributed by atoms with E-state index in [4.69, 9.17) is 5.26 Å². The zero-order valence-electron chi connectivity index (χ0n) is 11.8. The van der Waals surface area contributed by atoms with Crippen LogP contribution in [0.4, 0.5) is 5.69 Å². The average molecular weight is 290 g/mol. The molecule has 0 aliphatic carbocycles. The van der Waals surface area contributed by atoms with E-state index < -0.39 is 0 Å². The Labute approximate surface area is 128 Å². The normalized spacial score (nSPS) is 10.1. The molecule has 0 saturated carbocycles. The first kappa shape index (κ1) is 13.8. The van der Waals surface area contributed by atoms with Crippen molar-refractivity contribution in [1.82, 2.24) is 20.0 Å². The molecule has 0 spiro atoms. The van der Waals surface area contributed by atoms with Gasteiger partial charge in [-0.3, -0.25) is 4.98 Å². The van der Waals surface area contributed by atoms with E-state index in [0.29, 0.717) is 18.7 Å². The Hall–Kier alpha value is -3.20. The number of rotatable bonds is 5. The van der Waals surface area contributed by atoms with Crippen LogP contribution < -0.4 is 5.32 Å². The van der Waals surface area contributed by atoms with Gasteiger partial charge in [0.05, 0.1) is 30.9 Å². The first-order valence-electron chi connectivity index (χ1n) is 6.85. The highest BCUT2D eigenvalue weighted by Crippen LogP contribution is 2.10. The minimum absolute atomic E-state index is 0.582. The standard InChI is InChI=1S/C16H14N6/c17-8-13-3-5-15(6-4-13)19-10-16-12-22(21-20-16)11-14-2-1-7-18-9-14/h1-7,9,12,19H,10-11H2. The Balaban J connectivity index is 1.58. The maximum Gasteiger partial charge on any atom is 0.102 e. The average Bonchev–Trinajstić information content (AvgIpc) is 3.02. The Morgan fingerprint density at radius 1 is 1.18 bits per heavy atom. The molecule has 0 aliphatic rings. The summed E-state index contributed by atoms with van der Waals surface area (Å²) in [6.45, 7) is 1.23. The van der Waals surface area contributed by atoms with Crippen molar-refractivity contribution in [2.24, 2.45) is 0 Å². The smallest absolute Gasteiger partial charge is 0.102 e. The SMILES string of the molecule is N#Cc1ccc(NCc2cn(Cc3cccnc3)nn2)cc1. The van der Waals surface area contributed by atoms with Crippen LogP contribution in [-0.2, 0) is 13.1 Å². The molecule has 0 unspecified atom stereocenters. The molecule has 108 valence electrons.